The summed E-state index contributed by atoms with van der Waals surface area (Å²) in [5, 5.41) is 11.9. The molecule has 1 fully saturated rings. The number of pyridine rings is 1. The molecule has 1 atom stereocenters. The fraction of sp³-hybridized carbons (Fsp3) is 0.219. The van der Waals surface area contributed by atoms with Crippen molar-refractivity contribution >= 4 is 27.8 Å². The Morgan fingerprint density at radius 3 is 2.56 bits per heavy atom. The summed E-state index contributed by atoms with van der Waals surface area (Å²) in [5.74, 6) is 0.423. The molecule has 1 saturated heterocycles. The molecule has 39 heavy (non-hydrogen) atoms. The summed E-state index contributed by atoms with van der Waals surface area (Å²) >= 11 is 0. The van der Waals surface area contributed by atoms with Gasteiger partial charge in [-0.2, -0.15) is 0 Å². The van der Waals surface area contributed by atoms with Gasteiger partial charge < -0.3 is 19.2 Å². The van der Waals surface area contributed by atoms with Crippen LogP contribution in [-0.4, -0.2) is 34.0 Å². The van der Waals surface area contributed by atoms with Gasteiger partial charge >= 0.3 is 0 Å². The zero-order valence-electron chi connectivity index (χ0n) is 21.2. The molecule has 0 spiro atoms. The highest BCUT2D eigenvalue weighted by Crippen LogP contribution is 2.50. The summed E-state index contributed by atoms with van der Waals surface area (Å²) in [4.78, 5) is 33.6. The van der Waals surface area contributed by atoms with Crippen molar-refractivity contribution in [2.75, 3.05) is 13.1 Å². The van der Waals surface area contributed by atoms with E-state index < -0.39 is 5.92 Å². The van der Waals surface area contributed by atoms with E-state index in [9.17, 15) is 14.7 Å². The van der Waals surface area contributed by atoms with E-state index in [1.54, 1.807) is 0 Å². The van der Waals surface area contributed by atoms with Gasteiger partial charge in [-0.15, -0.1) is 0 Å². The number of amides is 1. The number of nitrogens with zero attached hydrogens (tertiary/aromatic N) is 2. The first-order valence-corrected chi connectivity index (χ1v) is 13.3. The number of ether oxygens (including phenoxy) is 1. The monoisotopic (exact) mass is 518 g/mol. The number of hydrogen-bond donors (Lipinski definition) is 1. The van der Waals surface area contributed by atoms with Crippen molar-refractivity contribution < 1.29 is 19.1 Å². The van der Waals surface area contributed by atoms with Crippen LogP contribution in [0.4, 0.5) is 0 Å². The van der Waals surface area contributed by atoms with Gasteiger partial charge in [-0.05, 0) is 31.4 Å². The van der Waals surface area contributed by atoms with Gasteiger partial charge in [0.2, 0.25) is 11.8 Å². The third-order valence-electron chi connectivity index (χ3n) is 7.77. The predicted octanol–water partition coefficient (Wildman–Crippen LogP) is 6.35. The van der Waals surface area contributed by atoms with Crippen LogP contribution < -0.4 is 10.2 Å². The summed E-state index contributed by atoms with van der Waals surface area (Å²) in [7, 11) is 0. The quantitative estimate of drug-likeness (QED) is 0.299. The summed E-state index contributed by atoms with van der Waals surface area (Å²) in [6.45, 7) is 1.47. The van der Waals surface area contributed by atoms with Crippen LogP contribution >= 0.6 is 0 Å². The Morgan fingerprint density at radius 1 is 0.974 bits per heavy atom. The second-order valence-corrected chi connectivity index (χ2v) is 10.2. The number of likely N-dealkylation sites (tertiary alicyclic amines) is 1. The van der Waals surface area contributed by atoms with Crippen molar-refractivity contribution in [3.8, 4) is 28.7 Å². The van der Waals surface area contributed by atoms with Crippen molar-refractivity contribution in [3.63, 3.8) is 0 Å². The van der Waals surface area contributed by atoms with Crippen molar-refractivity contribution in [2.24, 2.45) is 0 Å². The number of fused-ring (bicyclic) bond motifs is 5. The molecule has 194 valence electrons. The Bertz CT molecular complexity index is 1810. The van der Waals surface area contributed by atoms with E-state index in [0.717, 1.165) is 54.4 Å². The molecule has 5 aromatic rings. The Morgan fingerprint density at radius 2 is 1.74 bits per heavy atom. The Kier molecular flexibility index (Phi) is 5.58. The molecule has 7 nitrogen and oxygen atoms in total. The Labute approximate surface area is 224 Å². The van der Waals surface area contributed by atoms with E-state index in [1.807, 2.05) is 65.6 Å². The molecule has 3 aromatic carbocycles. The number of aromatic hydroxyl groups is 1. The number of phenols is 1. The Balaban J connectivity index is 1.47. The van der Waals surface area contributed by atoms with E-state index in [-0.39, 0.29) is 34.5 Å². The highest BCUT2D eigenvalue weighted by atomic mass is 16.5. The number of hydrogen-bond acceptors (Lipinski definition) is 6. The molecular formula is C32H26N2O5. The first-order chi connectivity index (χ1) is 19.1. The normalized spacial score (nSPS) is 16.5. The molecule has 0 aliphatic carbocycles. The van der Waals surface area contributed by atoms with Crippen LogP contribution in [0.15, 0.2) is 82.0 Å². The van der Waals surface area contributed by atoms with Gasteiger partial charge in [0.05, 0.1) is 5.52 Å². The number of carbonyl (C=O) groups excluding carboxylic acids is 1. The van der Waals surface area contributed by atoms with Gasteiger partial charge in [-0.1, -0.05) is 48.5 Å². The fourth-order valence-electron chi connectivity index (χ4n) is 5.84. The van der Waals surface area contributed by atoms with E-state index in [2.05, 4.69) is 0 Å². The number of rotatable bonds is 3. The molecule has 7 heteroatoms. The van der Waals surface area contributed by atoms with Crippen LogP contribution in [0.25, 0.3) is 33.2 Å². The lowest BCUT2D eigenvalue weighted by Gasteiger charge is -2.31. The molecule has 1 amide bonds. The molecule has 4 heterocycles. The van der Waals surface area contributed by atoms with Crippen molar-refractivity contribution in [1.82, 2.24) is 9.88 Å². The first kappa shape index (κ1) is 23.5. The lowest BCUT2D eigenvalue weighted by Crippen LogP contribution is -2.36. The molecule has 2 aliphatic heterocycles. The van der Waals surface area contributed by atoms with Crippen LogP contribution in [-0.2, 0) is 4.79 Å². The average Bonchev–Trinajstić information content (AvgIpc) is 2.96. The van der Waals surface area contributed by atoms with Crippen LogP contribution in [0.1, 0.15) is 42.7 Å². The van der Waals surface area contributed by atoms with Crippen molar-refractivity contribution in [3.05, 3.63) is 94.1 Å². The molecule has 2 aliphatic rings. The van der Waals surface area contributed by atoms with Gasteiger partial charge in [0, 0.05) is 59.6 Å². The fourth-order valence-corrected chi connectivity index (χ4v) is 5.84. The first-order valence-electron chi connectivity index (χ1n) is 13.3. The molecule has 0 radical (unpaired) electrons. The van der Waals surface area contributed by atoms with Crippen molar-refractivity contribution in [1.29, 1.82) is 0 Å². The summed E-state index contributed by atoms with van der Waals surface area (Å²) in [6.07, 6.45) is 3.28. The van der Waals surface area contributed by atoms with E-state index in [1.165, 1.54) is 12.1 Å². The standard InChI is InChI=1S/C32H26N2O5/c35-24-17-26(19-9-3-1-4-10-19)38-31-29-21(16-28(37)34-13-7-2-8-14-34)22-15-20-11-5-6-12-23(20)33-32(22)39-27(29)18-25(36)30(24)31/h1,3-6,9-12,15,17-18,21,36H,2,7-8,13-14,16H2/t21-/m0/s1. The zero-order valence-corrected chi connectivity index (χ0v) is 21.2. The number of benzene rings is 3. The minimum atomic E-state index is -0.479. The van der Waals surface area contributed by atoms with E-state index in [4.69, 9.17) is 14.1 Å². The maximum absolute atomic E-state index is 13.6. The lowest BCUT2D eigenvalue weighted by atomic mass is 9.84. The number of aromatic nitrogens is 1. The molecule has 7 rings (SSSR count). The molecule has 2 aromatic heterocycles. The maximum Gasteiger partial charge on any atom is 0.223 e. The third kappa shape index (κ3) is 4.02. The highest BCUT2D eigenvalue weighted by molar-refractivity contribution is 5.92. The van der Waals surface area contributed by atoms with Crippen LogP contribution in [0.3, 0.4) is 0 Å². The van der Waals surface area contributed by atoms with Gasteiger partial charge in [-0.3, -0.25) is 9.59 Å². The summed E-state index contributed by atoms with van der Waals surface area (Å²) < 4.78 is 12.6. The zero-order chi connectivity index (χ0) is 26.5. The number of piperidine rings is 1. The molecule has 0 saturated carbocycles. The molecule has 1 N–H and O–H groups in total. The number of para-hydroxylation sites is 1. The highest BCUT2D eigenvalue weighted by Gasteiger charge is 2.36. The van der Waals surface area contributed by atoms with Gasteiger partial charge in [0.25, 0.3) is 0 Å². The van der Waals surface area contributed by atoms with E-state index >= 15 is 0 Å². The van der Waals surface area contributed by atoms with Gasteiger partial charge in [0.15, 0.2) is 5.43 Å². The SMILES string of the molecule is O=C(C[C@H]1c2cc3ccccc3nc2Oc2cc(O)c3c(=O)cc(-c4ccccc4)oc3c21)N1CCCCC1. The van der Waals surface area contributed by atoms with Gasteiger partial charge in [-0.25, -0.2) is 4.98 Å². The molecular weight excluding hydrogens is 492 g/mol. The van der Waals surface area contributed by atoms with Crippen LogP contribution in [0, 0.1) is 0 Å². The van der Waals surface area contributed by atoms with Gasteiger partial charge in [0.1, 0.15) is 28.2 Å². The summed E-state index contributed by atoms with van der Waals surface area (Å²) in [6, 6.07) is 21.9. The third-order valence-corrected chi connectivity index (χ3v) is 7.77. The predicted molar refractivity (Wildman–Crippen MR) is 148 cm³/mol. The largest absolute Gasteiger partial charge is 0.507 e. The topological polar surface area (TPSA) is 92.9 Å². The van der Waals surface area contributed by atoms with E-state index in [0.29, 0.717) is 23.0 Å². The smallest absolute Gasteiger partial charge is 0.223 e. The second-order valence-electron chi connectivity index (χ2n) is 10.2. The second kappa shape index (κ2) is 9.27. The van der Waals surface area contributed by atoms with Crippen LogP contribution in [0.2, 0.25) is 0 Å². The lowest BCUT2D eigenvalue weighted by molar-refractivity contribution is -0.132. The minimum absolute atomic E-state index is 0.0365. The van der Waals surface area contributed by atoms with Crippen LogP contribution in [0.5, 0.6) is 17.4 Å². The molecule has 0 unspecified atom stereocenters. The number of phenolic OH excluding ortho intramolecular Hbond substituents is 1. The summed E-state index contributed by atoms with van der Waals surface area (Å²) in [5.41, 5.74) is 2.70. The maximum atomic E-state index is 13.6. The average molecular weight is 519 g/mol. The van der Waals surface area contributed by atoms with Crippen molar-refractivity contribution in [2.45, 2.75) is 31.6 Å². The number of carbonyl (C=O) groups is 1. The Hall–Kier alpha value is -4.65. The molecule has 0 bridgehead atoms. The minimum Gasteiger partial charge on any atom is -0.507 e.